The molecule has 2 amide bonds. The van der Waals surface area contributed by atoms with E-state index in [2.05, 4.69) is 10.6 Å². The van der Waals surface area contributed by atoms with Crippen molar-refractivity contribution in [1.29, 1.82) is 0 Å². The van der Waals surface area contributed by atoms with Gasteiger partial charge in [-0.05, 0) is 33.1 Å². The van der Waals surface area contributed by atoms with Crippen molar-refractivity contribution in [3.63, 3.8) is 0 Å². The maximum Gasteiger partial charge on any atom is 0.391 e. The summed E-state index contributed by atoms with van der Waals surface area (Å²) in [7, 11) is 0. The molecule has 27 heavy (non-hydrogen) atoms. The average molecular weight is 406 g/mol. The molecule has 3 unspecified atom stereocenters. The Kier molecular flexibility index (Phi) is 7.79. The molecule has 11 heteroatoms. The lowest BCUT2D eigenvalue weighted by Crippen LogP contribution is -2.50. The fourth-order valence-electron chi connectivity index (χ4n) is 2.89. The average Bonchev–Trinajstić information content (AvgIpc) is 2.49. The van der Waals surface area contributed by atoms with Gasteiger partial charge in [0.2, 0.25) is 0 Å². The van der Waals surface area contributed by atoms with Crippen molar-refractivity contribution in [2.24, 2.45) is 17.8 Å². The van der Waals surface area contributed by atoms with Crippen LogP contribution < -0.4 is 10.6 Å². The molecule has 0 aromatic heterocycles. The first kappa shape index (κ1) is 23.4. The number of nitrogens with one attached hydrogen (secondary N) is 2. The Morgan fingerprint density at radius 1 is 0.963 bits per heavy atom. The van der Waals surface area contributed by atoms with Gasteiger partial charge in [-0.1, -0.05) is 6.92 Å². The van der Waals surface area contributed by atoms with Crippen molar-refractivity contribution in [3.8, 4) is 0 Å². The molecular weight excluding hydrogens is 382 g/mol. The lowest BCUT2D eigenvalue weighted by molar-refractivity contribution is -0.225. The summed E-state index contributed by atoms with van der Waals surface area (Å²) in [6.07, 6.45) is -12.2. The molecule has 0 aromatic rings. The van der Waals surface area contributed by atoms with E-state index in [1.165, 1.54) is 6.92 Å². The first-order valence-electron chi connectivity index (χ1n) is 8.58. The lowest BCUT2D eigenvalue weighted by Gasteiger charge is -2.37. The van der Waals surface area contributed by atoms with Gasteiger partial charge in [-0.3, -0.25) is 4.79 Å². The van der Waals surface area contributed by atoms with E-state index >= 15 is 0 Å². The third kappa shape index (κ3) is 7.84. The van der Waals surface area contributed by atoms with Crippen molar-refractivity contribution in [2.45, 2.75) is 64.5 Å². The standard InChI is InChI=1S/C16H24F6N2O3/c1-8(2)27-13(25)9(3)7-23-14(26)24-12-5-10(15(17,18)19)4-11(6-12)16(20,21)22/h8-12H,4-7H2,1-3H3,(H2,23,24,26). The largest absolute Gasteiger partial charge is 0.463 e. The minimum atomic E-state index is -4.77. The number of halogens is 6. The van der Waals surface area contributed by atoms with Crippen molar-refractivity contribution < 1.29 is 40.7 Å². The highest BCUT2D eigenvalue weighted by molar-refractivity contribution is 5.76. The molecule has 1 aliphatic carbocycles. The monoisotopic (exact) mass is 406 g/mol. The summed E-state index contributed by atoms with van der Waals surface area (Å²) >= 11 is 0. The van der Waals surface area contributed by atoms with Crippen LogP contribution in [0, 0.1) is 17.8 Å². The molecule has 1 rings (SSSR count). The van der Waals surface area contributed by atoms with Gasteiger partial charge in [0.25, 0.3) is 0 Å². The van der Waals surface area contributed by atoms with Gasteiger partial charge in [0.05, 0.1) is 23.9 Å². The van der Waals surface area contributed by atoms with Crippen LogP contribution in [0.25, 0.3) is 0 Å². The minimum absolute atomic E-state index is 0.157. The predicted molar refractivity (Wildman–Crippen MR) is 83.7 cm³/mol. The molecular formula is C16H24F6N2O3. The first-order chi connectivity index (χ1) is 12.2. The zero-order chi connectivity index (χ0) is 21.0. The van der Waals surface area contributed by atoms with Crippen LogP contribution in [0.2, 0.25) is 0 Å². The number of ether oxygens (including phenoxy) is 1. The predicted octanol–water partition coefficient (Wildman–Crippen LogP) is 3.78. The van der Waals surface area contributed by atoms with Crippen LogP contribution in [0.1, 0.15) is 40.0 Å². The second-order valence-electron chi connectivity index (χ2n) is 7.12. The first-order valence-corrected chi connectivity index (χ1v) is 8.58. The molecule has 0 radical (unpaired) electrons. The zero-order valence-electron chi connectivity index (χ0n) is 15.2. The van der Waals surface area contributed by atoms with Crippen molar-refractivity contribution in [3.05, 3.63) is 0 Å². The number of hydrogen-bond donors (Lipinski definition) is 2. The summed E-state index contributed by atoms with van der Waals surface area (Å²) in [5.41, 5.74) is 0. The van der Waals surface area contributed by atoms with Gasteiger partial charge < -0.3 is 15.4 Å². The van der Waals surface area contributed by atoms with E-state index in [1.807, 2.05) is 0 Å². The smallest absolute Gasteiger partial charge is 0.391 e. The number of carbonyl (C=O) groups excluding carboxylic acids is 2. The fourth-order valence-corrected chi connectivity index (χ4v) is 2.89. The molecule has 0 heterocycles. The molecule has 0 aliphatic heterocycles. The summed E-state index contributed by atoms with van der Waals surface area (Å²) in [5, 5.41) is 4.43. The van der Waals surface area contributed by atoms with E-state index < -0.39 is 67.4 Å². The molecule has 158 valence electrons. The molecule has 0 saturated heterocycles. The molecule has 0 bridgehead atoms. The van der Waals surface area contributed by atoms with Gasteiger partial charge >= 0.3 is 24.4 Å². The Morgan fingerprint density at radius 2 is 1.44 bits per heavy atom. The number of hydrogen-bond acceptors (Lipinski definition) is 3. The van der Waals surface area contributed by atoms with Crippen LogP contribution in [-0.2, 0) is 9.53 Å². The number of amides is 2. The number of esters is 1. The van der Waals surface area contributed by atoms with Crippen molar-refractivity contribution >= 4 is 12.0 Å². The fraction of sp³-hybridized carbons (Fsp3) is 0.875. The summed E-state index contributed by atoms with van der Waals surface area (Å²) < 4.78 is 82.4. The van der Waals surface area contributed by atoms with E-state index in [4.69, 9.17) is 4.74 Å². The molecule has 0 spiro atoms. The quantitative estimate of drug-likeness (QED) is 0.539. The topological polar surface area (TPSA) is 67.4 Å². The maximum absolute atomic E-state index is 12.9. The minimum Gasteiger partial charge on any atom is -0.463 e. The van der Waals surface area contributed by atoms with Gasteiger partial charge in [-0.25, -0.2) is 4.79 Å². The van der Waals surface area contributed by atoms with Gasteiger partial charge in [0, 0.05) is 12.6 Å². The van der Waals surface area contributed by atoms with Crippen LogP contribution in [0.4, 0.5) is 31.1 Å². The van der Waals surface area contributed by atoms with Gasteiger partial charge in [-0.15, -0.1) is 0 Å². The Morgan fingerprint density at radius 3 is 1.85 bits per heavy atom. The van der Waals surface area contributed by atoms with Crippen LogP contribution >= 0.6 is 0 Å². The number of carbonyl (C=O) groups is 2. The van der Waals surface area contributed by atoms with Crippen LogP contribution in [-0.4, -0.2) is 43.0 Å². The second kappa shape index (κ2) is 9.01. The van der Waals surface area contributed by atoms with Crippen LogP contribution in [0.5, 0.6) is 0 Å². The zero-order valence-corrected chi connectivity index (χ0v) is 15.2. The summed E-state index contributed by atoms with van der Waals surface area (Å²) in [4.78, 5) is 23.5. The Labute approximate surface area is 153 Å². The number of rotatable bonds is 5. The summed E-state index contributed by atoms with van der Waals surface area (Å²) in [6, 6.07) is -2.19. The van der Waals surface area contributed by atoms with E-state index in [-0.39, 0.29) is 12.6 Å². The number of alkyl halides is 6. The molecule has 5 nitrogen and oxygen atoms in total. The van der Waals surface area contributed by atoms with Crippen LogP contribution in [0.3, 0.4) is 0 Å². The van der Waals surface area contributed by atoms with E-state index in [0.717, 1.165) is 0 Å². The van der Waals surface area contributed by atoms with Gasteiger partial charge in [0.1, 0.15) is 0 Å². The van der Waals surface area contributed by atoms with E-state index in [1.54, 1.807) is 13.8 Å². The van der Waals surface area contributed by atoms with Gasteiger partial charge in [-0.2, -0.15) is 26.3 Å². The second-order valence-corrected chi connectivity index (χ2v) is 7.12. The molecule has 1 fully saturated rings. The van der Waals surface area contributed by atoms with E-state index in [0.29, 0.717) is 0 Å². The highest BCUT2D eigenvalue weighted by Crippen LogP contribution is 2.45. The normalized spacial score (nSPS) is 25.0. The Balaban J connectivity index is 2.62. The highest BCUT2D eigenvalue weighted by atomic mass is 19.4. The third-order valence-corrected chi connectivity index (χ3v) is 4.29. The molecule has 3 atom stereocenters. The van der Waals surface area contributed by atoms with Crippen molar-refractivity contribution in [1.82, 2.24) is 10.6 Å². The summed E-state index contributed by atoms with van der Waals surface area (Å²) in [5.74, 6) is -5.56. The van der Waals surface area contributed by atoms with Crippen LogP contribution in [0.15, 0.2) is 0 Å². The Hall–Kier alpha value is -1.68. The molecule has 1 saturated carbocycles. The molecule has 1 aliphatic rings. The van der Waals surface area contributed by atoms with E-state index in [9.17, 15) is 35.9 Å². The number of urea groups is 1. The Bertz CT molecular complexity index is 499. The highest BCUT2D eigenvalue weighted by Gasteiger charge is 2.52. The SMILES string of the molecule is CC(C)OC(=O)C(C)CNC(=O)NC1CC(C(F)(F)F)CC(C(F)(F)F)C1. The maximum atomic E-state index is 12.9. The third-order valence-electron chi connectivity index (χ3n) is 4.29. The molecule has 2 N–H and O–H groups in total. The van der Waals surface area contributed by atoms with Crippen molar-refractivity contribution in [2.75, 3.05) is 6.54 Å². The summed E-state index contributed by atoms with van der Waals surface area (Å²) in [6.45, 7) is 4.60. The lowest BCUT2D eigenvalue weighted by atomic mass is 9.78. The van der Waals surface area contributed by atoms with Gasteiger partial charge in [0.15, 0.2) is 0 Å². The molecule has 0 aromatic carbocycles.